The summed E-state index contributed by atoms with van der Waals surface area (Å²) in [6.45, 7) is 6.31. The Hall–Kier alpha value is -2.14. The van der Waals surface area contributed by atoms with E-state index in [0.29, 0.717) is 28.7 Å². The molecule has 5 heteroatoms. The van der Waals surface area contributed by atoms with Gasteiger partial charge in [-0.3, -0.25) is 4.79 Å². The smallest absolute Gasteiger partial charge is 0.341 e. The number of nitrogens with one attached hydrogen (secondary N) is 1. The second-order valence-corrected chi connectivity index (χ2v) is 7.87. The van der Waals surface area contributed by atoms with Crippen molar-refractivity contribution in [2.75, 3.05) is 11.9 Å². The van der Waals surface area contributed by atoms with Crippen LogP contribution >= 0.6 is 11.3 Å². The molecule has 138 valence electrons. The van der Waals surface area contributed by atoms with Gasteiger partial charge in [-0.25, -0.2) is 4.79 Å². The number of thiophene rings is 1. The molecule has 0 saturated heterocycles. The number of esters is 1. The Balaban J connectivity index is 1.92. The van der Waals surface area contributed by atoms with E-state index in [0.717, 1.165) is 36.8 Å². The van der Waals surface area contributed by atoms with Crippen molar-refractivity contribution in [3.05, 3.63) is 51.4 Å². The molecule has 1 atom stereocenters. The van der Waals surface area contributed by atoms with Crippen molar-refractivity contribution in [3.8, 4) is 0 Å². The van der Waals surface area contributed by atoms with Crippen molar-refractivity contribution in [1.82, 2.24) is 0 Å². The van der Waals surface area contributed by atoms with E-state index in [1.165, 1.54) is 16.2 Å². The molecular formula is C21H25NO3S. The van der Waals surface area contributed by atoms with Crippen LogP contribution in [-0.2, 0) is 17.6 Å². The van der Waals surface area contributed by atoms with Crippen LogP contribution in [0.15, 0.2) is 24.3 Å². The number of hydrogen-bond donors (Lipinski definition) is 1. The van der Waals surface area contributed by atoms with E-state index in [2.05, 4.69) is 12.2 Å². The molecule has 1 aliphatic rings. The van der Waals surface area contributed by atoms with Crippen molar-refractivity contribution < 1.29 is 14.3 Å². The van der Waals surface area contributed by atoms with Crippen LogP contribution in [0.4, 0.5) is 5.00 Å². The van der Waals surface area contributed by atoms with Crippen molar-refractivity contribution >= 4 is 28.2 Å². The zero-order chi connectivity index (χ0) is 18.7. The minimum absolute atomic E-state index is 0.193. The van der Waals surface area contributed by atoms with Crippen LogP contribution in [0.2, 0.25) is 0 Å². The maximum absolute atomic E-state index is 12.6. The standard InChI is InChI=1S/C21H25NO3S/c1-4-14-8-11-16-17(12-14)26-20(18(16)21(24)25-5-2)22-19(23)15-9-6-13(3)7-10-15/h6-7,9-10,14H,4-5,8,11-12H2,1-3H3,(H,22,23)/t14-/m1/s1. The van der Waals surface area contributed by atoms with E-state index in [-0.39, 0.29) is 11.9 Å². The fraction of sp³-hybridized carbons (Fsp3) is 0.429. The number of hydrogen-bond acceptors (Lipinski definition) is 4. The molecule has 0 bridgehead atoms. The molecular weight excluding hydrogens is 346 g/mol. The van der Waals surface area contributed by atoms with Crippen LogP contribution < -0.4 is 5.32 Å². The van der Waals surface area contributed by atoms with Crippen molar-refractivity contribution in [1.29, 1.82) is 0 Å². The molecule has 0 saturated carbocycles. The number of amides is 1. The highest BCUT2D eigenvalue weighted by molar-refractivity contribution is 7.17. The number of anilines is 1. The van der Waals surface area contributed by atoms with Crippen LogP contribution in [0.1, 0.15) is 63.4 Å². The summed E-state index contributed by atoms with van der Waals surface area (Å²) in [6.07, 6.45) is 4.07. The molecule has 1 aliphatic carbocycles. The van der Waals surface area contributed by atoms with Gasteiger partial charge < -0.3 is 10.1 Å². The topological polar surface area (TPSA) is 55.4 Å². The summed E-state index contributed by atoms with van der Waals surface area (Å²) in [5.41, 5.74) is 3.31. The lowest BCUT2D eigenvalue weighted by molar-refractivity contribution is 0.0526. The van der Waals surface area contributed by atoms with Gasteiger partial charge in [0.25, 0.3) is 5.91 Å². The monoisotopic (exact) mass is 371 g/mol. The second-order valence-electron chi connectivity index (χ2n) is 6.77. The fourth-order valence-electron chi connectivity index (χ4n) is 3.39. The number of ether oxygens (including phenoxy) is 1. The van der Waals surface area contributed by atoms with E-state index >= 15 is 0 Å². The van der Waals surface area contributed by atoms with E-state index in [1.54, 1.807) is 19.1 Å². The zero-order valence-corrected chi connectivity index (χ0v) is 16.4. The van der Waals surface area contributed by atoms with Gasteiger partial charge in [0.15, 0.2) is 0 Å². The first kappa shape index (κ1) is 18.6. The van der Waals surface area contributed by atoms with Crippen LogP contribution in [-0.4, -0.2) is 18.5 Å². The number of fused-ring (bicyclic) bond motifs is 1. The van der Waals surface area contributed by atoms with Crippen molar-refractivity contribution in [2.24, 2.45) is 5.92 Å². The molecule has 4 nitrogen and oxygen atoms in total. The van der Waals surface area contributed by atoms with Gasteiger partial charge in [0.05, 0.1) is 12.2 Å². The Morgan fingerprint density at radius 3 is 2.62 bits per heavy atom. The summed E-state index contributed by atoms with van der Waals surface area (Å²) in [6, 6.07) is 7.42. The van der Waals surface area contributed by atoms with Gasteiger partial charge in [0, 0.05) is 10.4 Å². The molecule has 1 N–H and O–H groups in total. The lowest BCUT2D eigenvalue weighted by atomic mass is 9.85. The molecule has 1 heterocycles. The van der Waals surface area contributed by atoms with Gasteiger partial charge in [0.1, 0.15) is 5.00 Å². The summed E-state index contributed by atoms with van der Waals surface area (Å²) in [4.78, 5) is 26.4. The largest absolute Gasteiger partial charge is 0.462 e. The average molecular weight is 372 g/mol. The quantitative estimate of drug-likeness (QED) is 0.753. The summed E-state index contributed by atoms with van der Waals surface area (Å²) in [5.74, 6) is 0.122. The van der Waals surface area contributed by atoms with Crippen molar-refractivity contribution in [2.45, 2.75) is 46.5 Å². The molecule has 0 unspecified atom stereocenters. The zero-order valence-electron chi connectivity index (χ0n) is 15.6. The number of benzene rings is 1. The molecule has 2 aromatic rings. The van der Waals surface area contributed by atoms with Gasteiger partial charge in [-0.15, -0.1) is 11.3 Å². The molecule has 1 aromatic heterocycles. The maximum atomic E-state index is 12.6. The van der Waals surface area contributed by atoms with Crippen LogP contribution in [0.3, 0.4) is 0 Å². The minimum atomic E-state index is -0.334. The highest BCUT2D eigenvalue weighted by Gasteiger charge is 2.29. The fourth-order valence-corrected chi connectivity index (χ4v) is 4.74. The molecule has 3 rings (SSSR count). The Labute approximate surface area is 158 Å². The third kappa shape index (κ3) is 3.83. The number of aryl methyl sites for hydroxylation is 1. The number of rotatable bonds is 5. The highest BCUT2D eigenvalue weighted by atomic mass is 32.1. The Morgan fingerprint density at radius 1 is 1.23 bits per heavy atom. The van der Waals surface area contributed by atoms with Crippen LogP contribution in [0.25, 0.3) is 0 Å². The third-order valence-corrected chi connectivity index (χ3v) is 6.13. The maximum Gasteiger partial charge on any atom is 0.341 e. The molecule has 1 aromatic carbocycles. The lowest BCUT2D eigenvalue weighted by Crippen LogP contribution is -2.17. The molecule has 26 heavy (non-hydrogen) atoms. The summed E-state index contributed by atoms with van der Waals surface area (Å²) in [7, 11) is 0. The van der Waals surface area contributed by atoms with Crippen LogP contribution in [0, 0.1) is 12.8 Å². The normalized spacial score (nSPS) is 16.0. The Morgan fingerprint density at radius 2 is 1.96 bits per heavy atom. The molecule has 0 aliphatic heterocycles. The molecule has 0 fully saturated rings. The summed E-state index contributed by atoms with van der Waals surface area (Å²) >= 11 is 1.53. The van der Waals surface area contributed by atoms with E-state index in [4.69, 9.17) is 4.74 Å². The van der Waals surface area contributed by atoms with Gasteiger partial charge in [0.2, 0.25) is 0 Å². The van der Waals surface area contributed by atoms with Crippen LogP contribution in [0.5, 0.6) is 0 Å². The molecule has 0 radical (unpaired) electrons. The van der Waals surface area contributed by atoms with E-state index in [9.17, 15) is 9.59 Å². The van der Waals surface area contributed by atoms with Gasteiger partial charge in [-0.1, -0.05) is 31.0 Å². The van der Waals surface area contributed by atoms with E-state index < -0.39 is 0 Å². The first-order valence-electron chi connectivity index (χ1n) is 9.23. The predicted octanol–water partition coefficient (Wildman–Crippen LogP) is 5.00. The Bertz CT molecular complexity index is 807. The summed E-state index contributed by atoms with van der Waals surface area (Å²) < 4.78 is 5.27. The van der Waals surface area contributed by atoms with E-state index in [1.807, 2.05) is 19.1 Å². The van der Waals surface area contributed by atoms with Gasteiger partial charge >= 0.3 is 5.97 Å². The number of carbonyl (C=O) groups excluding carboxylic acids is 2. The highest BCUT2D eigenvalue weighted by Crippen LogP contribution is 2.41. The third-order valence-electron chi connectivity index (χ3n) is 4.97. The first-order chi connectivity index (χ1) is 12.5. The van der Waals surface area contributed by atoms with Gasteiger partial charge in [-0.05, 0) is 56.7 Å². The molecule has 0 spiro atoms. The predicted molar refractivity (Wildman–Crippen MR) is 105 cm³/mol. The average Bonchev–Trinajstić information content (AvgIpc) is 2.99. The SMILES string of the molecule is CCOC(=O)c1c(NC(=O)c2ccc(C)cc2)sc2c1CC[C@@H](CC)C2. The minimum Gasteiger partial charge on any atom is -0.462 e. The Kier molecular flexibility index (Phi) is 5.77. The lowest BCUT2D eigenvalue weighted by Gasteiger charge is -2.20. The number of carbonyl (C=O) groups is 2. The second kappa shape index (κ2) is 8.04. The molecule has 1 amide bonds. The van der Waals surface area contributed by atoms with Crippen molar-refractivity contribution in [3.63, 3.8) is 0 Å². The summed E-state index contributed by atoms with van der Waals surface area (Å²) in [5, 5.41) is 3.58. The van der Waals surface area contributed by atoms with Gasteiger partial charge in [-0.2, -0.15) is 0 Å². The first-order valence-corrected chi connectivity index (χ1v) is 10.0.